The van der Waals surface area contributed by atoms with Crippen molar-refractivity contribution in [3.63, 3.8) is 0 Å². The molecule has 2 aromatic rings. The minimum atomic E-state index is -4.39. The highest BCUT2D eigenvalue weighted by atomic mass is 19.4. The predicted octanol–water partition coefficient (Wildman–Crippen LogP) is 4.20. The van der Waals surface area contributed by atoms with Gasteiger partial charge in [-0.05, 0) is 55.3 Å². The molecule has 0 bridgehead atoms. The number of nitrogens with one attached hydrogen (secondary N) is 1. The number of likely N-dealkylation sites (N-methyl/N-ethyl adjacent to an activating group) is 1. The third-order valence-electron chi connectivity index (χ3n) is 3.55. The Bertz CT molecular complexity index is 657. The van der Waals surface area contributed by atoms with Crippen LogP contribution in [0.1, 0.15) is 18.1 Å². The summed E-state index contributed by atoms with van der Waals surface area (Å²) >= 11 is 0. The number of carbonyl (C=O) groups excluding carboxylic acids is 1. The fourth-order valence-corrected chi connectivity index (χ4v) is 2.16. The molecule has 0 atom stereocenters. The van der Waals surface area contributed by atoms with Gasteiger partial charge in [0.25, 0.3) is 0 Å². The normalized spacial score (nSPS) is 11.2. The molecular weight excluding hydrogens is 319 g/mol. The third-order valence-corrected chi connectivity index (χ3v) is 3.55. The maximum atomic E-state index is 12.5. The SMILES string of the molecule is CCN(CCc1ccncc1)C(=O)Nc1ccc(C(F)(F)F)cc1. The van der Waals surface area contributed by atoms with Gasteiger partial charge in [-0.2, -0.15) is 13.2 Å². The van der Waals surface area contributed by atoms with Gasteiger partial charge in [-0.3, -0.25) is 4.98 Å². The molecule has 2 amide bonds. The van der Waals surface area contributed by atoms with Gasteiger partial charge in [-0.15, -0.1) is 0 Å². The van der Waals surface area contributed by atoms with E-state index in [0.29, 0.717) is 25.2 Å². The summed E-state index contributed by atoms with van der Waals surface area (Å²) in [5.41, 5.74) is 0.645. The van der Waals surface area contributed by atoms with Crippen molar-refractivity contribution in [1.82, 2.24) is 9.88 Å². The van der Waals surface area contributed by atoms with Crippen molar-refractivity contribution in [2.24, 2.45) is 0 Å². The molecule has 7 heteroatoms. The highest BCUT2D eigenvalue weighted by Gasteiger charge is 2.30. The second kappa shape index (κ2) is 7.81. The zero-order valence-electron chi connectivity index (χ0n) is 13.2. The zero-order chi connectivity index (χ0) is 17.6. The number of hydrogen-bond acceptors (Lipinski definition) is 2. The second-order valence-corrected chi connectivity index (χ2v) is 5.19. The fraction of sp³-hybridized carbons (Fsp3) is 0.294. The van der Waals surface area contributed by atoms with Gasteiger partial charge in [-0.1, -0.05) is 0 Å². The first-order valence-electron chi connectivity index (χ1n) is 7.52. The lowest BCUT2D eigenvalue weighted by atomic mass is 10.2. The Morgan fingerprint density at radius 1 is 1.12 bits per heavy atom. The molecule has 2 rings (SSSR count). The molecule has 0 saturated heterocycles. The van der Waals surface area contributed by atoms with Crippen LogP contribution < -0.4 is 5.32 Å². The number of halogens is 3. The van der Waals surface area contributed by atoms with Crippen LogP contribution in [0.5, 0.6) is 0 Å². The molecule has 0 fully saturated rings. The zero-order valence-corrected chi connectivity index (χ0v) is 13.2. The summed E-state index contributed by atoms with van der Waals surface area (Å²) in [6.45, 7) is 2.85. The largest absolute Gasteiger partial charge is 0.416 e. The quantitative estimate of drug-likeness (QED) is 0.889. The van der Waals surface area contributed by atoms with Gasteiger partial charge in [0.15, 0.2) is 0 Å². The van der Waals surface area contributed by atoms with Gasteiger partial charge in [0.2, 0.25) is 0 Å². The number of nitrogens with zero attached hydrogens (tertiary/aromatic N) is 2. The smallest absolute Gasteiger partial charge is 0.324 e. The summed E-state index contributed by atoms with van der Waals surface area (Å²) < 4.78 is 37.6. The predicted molar refractivity (Wildman–Crippen MR) is 85.7 cm³/mol. The van der Waals surface area contributed by atoms with E-state index in [2.05, 4.69) is 10.3 Å². The van der Waals surface area contributed by atoms with E-state index in [1.54, 1.807) is 17.3 Å². The Morgan fingerprint density at radius 2 is 1.75 bits per heavy atom. The van der Waals surface area contributed by atoms with Gasteiger partial charge in [-0.25, -0.2) is 4.79 Å². The lowest BCUT2D eigenvalue weighted by molar-refractivity contribution is -0.137. The standard InChI is InChI=1S/C17H18F3N3O/c1-2-23(12-9-13-7-10-21-11-8-13)16(24)22-15-5-3-14(4-6-15)17(18,19)20/h3-8,10-11H,2,9,12H2,1H3,(H,22,24). The van der Waals surface area contributed by atoms with Crippen molar-refractivity contribution in [2.75, 3.05) is 18.4 Å². The molecule has 24 heavy (non-hydrogen) atoms. The topological polar surface area (TPSA) is 45.2 Å². The molecular formula is C17H18F3N3O. The molecule has 128 valence electrons. The van der Waals surface area contributed by atoms with Crippen molar-refractivity contribution in [3.05, 3.63) is 59.9 Å². The number of alkyl halides is 3. The van der Waals surface area contributed by atoms with Crippen LogP contribution in [0.15, 0.2) is 48.8 Å². The van der Waals surface area contributed by atoms with E-state index in [1.165, 1.54) is 12.1 Å². The lowest BCUT2D eigenvalue weighted by Crippen LogP contribution is -2.36. The molecule has 0 saturated carbocycles. The van der Waals surface area contributed by atoms with E-state index in [4.69, 9.17) is 0 Å². The highest BCUT2D eigenvalue weighted by molar-refractivity contribution is 5.89. The molecule has 0 spiro atoms. The third kappa shape index (κ3) is 4.97. The van der Waals surface area contributed by atoms with E-state index in [9.17, 15) is 18.0 Å². The number of pyridine rings is 1. The van der Waals surface area contributed by atoms with Crippen molar-refractivity contribution >= 4 is 11.7 Å². The maximum Gasteiger partial charge on any atom is 0.416 e. The number of hydrogen-bond donors (Lipinski definition) is 1. The van der Waals surface area contributed by atoms with Gasteiger partial charge in [0, 0.05) is 31.2 Å². The first-order chi connectivity index (χ1) is 11.4. The monoisotopic (exact) mass is 337 g/mol. The van der Waals surface area contributed by atoms with Crippen molar-refractivity contribution in [3.8, 4) is 0 Å². The van der Waals surface area contributed by atoms with Gasteiger partial charge >= 0.3 is 12.2 Å². The van der Waals surface area contributed by atoms with Gasteiger partial charge < -0.3 is 10.2 Å². The first kappa shape index (κ1) is 17.8. The van der Waals surface area contributed by atoms with E-state index >= 15 is 0 Å². The summed E-state index contributed by atoms with van der Waals surface area (Å²) in [5, 5.41) is 2.62. The van der Waals surface area contributed by atoms with Crippen molar-refractivity contribution in [1.29, 1.82) is 0 Å². The van der Waals surface area contributed by atoms with Crippen LogP contribution in [-0.2, 0) is 12.6 Å². The molecule has 0 radical (unpaired) electrons. The fourth-order valence-electron chi connectivity index (χ4n) is 2.16. The number of carbonyl (C=O) groups is 1. The average Bonchev–Trinajstić information content (AvgIpc) is 2.56. The molecule has 1 aromatic carbocycles. The Hall–Kier alpha value is -2.57. The number of amides is 2. The van der Waals surface area contributed by atoms with Gasteiger partial charge in [0.05, 0.1) is 5.56 Å². The molecule has 4 nitrogen and oxygen atoms in total. The summed E-state index contributed by atoms with van der Waals surface area (Å²) in [4.78, 5) is 17.8. The summed E-state index contributed by atoms with van der Waals surface area (Å²) in [6.07, 6.45) is -0.332. The van der Waals surface area contributed by atoms with Crippen molar-refractivity contribution < 1.29 is 18.0 Å². The summed E-state index contributed by atoms with van der Waals surface area (Å²) in [7, 11) is 0. The Morgan fingerprint density at radius 3 is 2.29 bits per heavy atom. The molecule has 1 N–H and O–H groups in total. The van der Waals surface area contributed by atoms with Crippen LogP contribution in [0.25, 0.3) is 0 Å². The van der Waals surface area contributed by atoms with Crippen LogP contribution >= 0.6 is 0 Å². The van der Waals surface area contributed by atoms with Crippen LogP contribution in [-0.4, -0.2) is 29.0 Å². The number of urea groups is 1. The Kier molecular flexibility index (Phi) is 5.78. The van der Waals surface area contributed by atoms with Crippen LogP contribution in [0.2, 0.25) is 0 Å². The molecule has 0 unspecified atom stereocenters. The van der Waals surface area contributed by atoms with Crippen LogP contribution in [0.4, 0.5) is 23.7 Å². The molecule has 0 aliphatic carbocycles. The Balaban J connectivity index is 1.94. The Labute approximate surface area is 138 Å². The number of rotatable bonds is 5. The van der Waals surface area contributed by atoms with Gasteiger partial charge in [0.1, 0.15) is 0 Å². The number of aromatic nitrogens is 1. The lowest BCUT2D eigenvalue weighted by Gasteiger charge is -2.21. The minimum absolute atomic E-state index is 0.329. The summed E-state index contributed by atoms with van der Waals surface area (Å²) in [6, 6.07) is 7.80. The summed E-state index contributed by atoms with van der Waals surface area (Å²) in [5.74, 6) is 0. The second-order valence-electron chi connectivity index (χ2n) is 5.19. The van der Waals surface area contributed by atoms with E-state index in [1.807, 2.05) is 19.1 Å². The minimum Gasteiger partial charge on any atom is -0.324 e. The molecule has 0 aliphatic rings. The molecule has 0 aliphatic heterocycles. The van der Waals surface area contributed by atoms with E-state index in [-0.39, 0.29) is 6.03 Å². The van der Waals surface area contributed by atoms with E-state index < -0.39 is 11.7 Å². The van der Waals surface area contributed by atoms with Crippen molar-refractivity contribution in [2.45, 2.75) is 19.5 Å². The van der Waals surface area contributed by atoms with E-state index in [0.717, 1.165) is 17.7 Å². The number of benzene rings is 1. The maximum absolute atomic E-state index is 12.5. The number of anilines is 1. The average molecular weight is 337 g/mol. The van der Waals surface area contributed by atoms with Crippen LogP contribution in [0.3, 0.4) is 0 Å². The van der Waals surface area contributed by atoms with Crippen LogP contribution in [0, 0.1) is 0 Å². The first-order valence-corrected chi connectivity index (χ1v) is 7.52. The molecule has 1 aromatic heterocycles. The molecule has 1 heterocycles. The highest BCUT2D eigenvalue weighted by Crippen LogP contribution is 2.29.